The summed E-state index contributed by atoms with van der Waals surface area (Å²) in [6.07, 6.45) is 2.51. The Hall–Kier alpha value is -1.29. The van der Waals surface area contributed by atoms with Gasteiger partial charge >= 0.3 is 0 Å². The minimum atomic E-state index is 0.558. The number of nitrogens with one attached hydrogen (secondary N) is 1. The number of oxazole rings is 1. The molecule has 0 aliphatic carbocycles. The highest BCUT2D eigenvalue weighted by atomic mass is 79.9. The highest BCUT2D eigenvalue weighted by Gasteiger charge is 2.02. The van der Waals surface area contributed by atoms with E-state index in [0.717, 1.165) is 16.7 Å². The van der Waals surface area contributed by atoms with Gasteiger partial charge in [0, 0.05) is 17.9 Å². The monoisotopic (exact) mass is 266 g/mol. The van der Waals surface area contributed by atoms with Crippen LogP contribution in [-0.4, -0.2) is 12.0 Å². The topological polar surface area (TPSA) is 38.1 Å². The van der Waals surface area contributed by atoms with E-state index in [-0.39, 0.29) is 0 Å². The number of anilines is 1. The minimum absolute atomic E-state index is 0.558. The molecule has 4 heteroatoms. The van der Waals surface area contributed by atoms with Gasteiger partial charge in [0.1, 0.15) is 5.76 Å². The molecule has 78 valence electrons. The standard InChI is InChI=1S/C11H11BrN2O/c1-13-11-14-7-10(15-11)6-8-2-4-9(12)5-3-8/h2-5,7H,6H2,1H3,(H,13,14). The summed E-state index contributed by atoms with van der Waals surface area (Å²) in [7, 11) is 1.79. The fourth-order valence-electron chi connectivity index (χ4n) is 1.31. The molecule has 0 bridgehead atoms. The third-order valence-corrected chi connectivity index (χ3v) is 2.59. The van der Waals surface area contributed by atoms with E-state index in [2.05, 4.69) is 38.4 Å². The first-order valence-corrected chi connectivity index (χ1v) is 5.44. The van der Waals surface area contributed by atoms with Gasteiger partial charge in [-0.1, -0.05) is 28.1 Å². The number of rotatable bonds is 3. The predicted molar refractivity (Wildman–Crippen MR) is 63.0 cm³/mol. The van der Waals surface area contributed by atoms with Crippen LogP contribution in [0.25, 0.3) is 0 Å². The summed E-state index contributed by atoms with van der Waals surface area (Å²) in [5.74, 6) is 0.863. The molecule has 0 aliphatic heterocycles. The first kappa shape index (κ1) is 10.2. The molecular weight excluding hydrogens is 256 g/mol. The lowest BCUT2D eigenvalue weighted by Crippen LogP contribution is -1.86. The molecule has 0 aliphatic rings. The van der Waals surface area contributed by atoms with Gasteiger partial charge in [0.15, 0.2) is 0 Å². The quantitative estimate of drug-likeness (QED) is 0.928. The van der Waals surface area contributed by atoms with Gasteiger partial charge in [-0.25, -0.2) is 4.98 Å². The largest absolute Gasteiger partial charge is 0.428 e. The maximum Gasteiger partial charge on any atom is 0.294 e. The summed E-state index contributed by atoms with van der Waals surface area (Å²) < 4.78 is 6.52. The van der Waals surface area contributed by atoms with Crippen LogP contribution >= 0.6 is 15.9 Å². The lowest BCUT2D eigenvalue weighted by Gasteiger charge is -1.97. The van der Waals surface area contributed by atoms with E-state index in [4.69, 9.17) is 4.42 Å². The molecule has 1 aromatic carbocycles. The van der Waals surface area contributed by atoms with Gasteiger partial charge in [-0.2, -0.15) is 0 Å². The Bertz CT molecular complexity index is 436. The summed E-state index contributed by atoms with van der Waals surface area (Å²) in [6, 6.07) is 8.72. The average Bonchev–Trinajstić information content (AvgIpc) is 2.69. The second-order valence-electron chi connectivity index (χ2n) is 3.18. The van der Waals surface area contributed by atoms with Crippen LogP contribution in [0.1, 0.15) is 11.3 Å². The smallest absolute Gasteiger partial charge is 0.294 e. The van der Waals surface area contributed by atoms with E-state index in [1.54, 1.807) is 13.2 Å². The van der Waals surface area contributed by atoms with Crippen LogP contribution in [0.15, 0.2) is 39.4 Å². The second-order valence-corrected chi connectivity index (χ2v) is 4.10. The van der Waals surface area contributed by atoms with Gasteiger partial charge in [0.25, 0.3) is 6.01 Å². The van der Waals surface area contributed by atoms with Crippen molar-refractivity contribution in [1.29, 1.82) is 0 Å². The molecule has 0 atom stereocenters. The summed E-state index contributed by atoms with van der Waals surface area (Å²) in [6.45, 7) is 0. The molecule has 0 spiro atoms. The van der Waals surface area contributed by atoms with Crippen molar-refractivity contribution in [2.45, 2.75) is 6.42 Å². The molecule has 0 amide bonds. The molecule has 1 aromatic heterocycles. The van der Waals surface area contributed by atoms with Crippen LogP contribution in [-0.2, 0) is 6.42 Å². The zero-order chi connectivity index (χ0) is 10.7. The van der Waals surface area contributed by atoms with Gasteiger partial charge in [-0.05, 0) is 17.7 Å². The van der Waals surface area contributed by atoms with Crippen molar-refractivity contribution in [1.82, 2.24) is 4.98 Å². The third-order valence-electron chi connectivity index (χ3n) is 2.06. The highest BCUT2D eigenvalue weighted by molar-refractivity contribution is 9.10. The van der Waals surface area contributed by atoms with Crippen molar-refractivity contribution in [2.24, 2.45) is 0 Å². The molecule has 1 N–H and O–H groups in total. The van der Waals surface area contributed by atoms with E-state index in [0.29, 0.717) is 6.01 Å². The predicted octanol–water partition coefficient (Wildman–Crippen LogP) is 3.07. The molecule has 2 rings (SSSR count). The van der Waals surface area contributed by atoms with Crippen LogP contribution in [0.5, 0.6) is 0 Å². The average molecular weight is 267 g/mol. The third kappa shape index (κ3) is 2.59. The van der Waals surface area contributed by atoms with Crippen LogP contribution in [0.2, 0.25) is 0 Å². The zero-order valence-electron chi connectivity index (χ0n) is 8.33. The summed E-state index contributed by atoms with van der Waals surface area (Å²) >= 11 is 3.40. The number of aromatic nitrogens is 1. The summed E-state index contributed by atoms with van der Waals surface area (Å²) in [4.78, 5) is 4.06. The molecule has 15 heavy (non-hydrogen) atoms. The number of hydrogen-bond donors (Lipinski definition) is 1. The lowest BCUT2D eigenvalue weighted by atomic mass is 10.1. The molecule has 0 fully saturated rings. The number of halogens is 1. The van der Waals surface area contributed by atoms with Gasteiger partial charge in [-0.3, -0.25) is 0 Å². The molecule has 0 saturated heterocycles. The molecule has 2 aromatic rings. The summed E-state index contributed by atoms with van der Waals surface area (Å²) in [5.41, 5.74) is 1.21. The van der Waals surface area contributed by atoms with Gasteiger partial charge < -0.3 is 9.73 Å². The Morgan fingerprint density at radius 3 is 2.67 bits per heavy atom. The number of benzene rings is 1. The van der Waals surface area contributed by atoms with E-state index >= 15 is 0 Å². The first-order chi connectivity index (χ1) is 7.28. The fourth-order valence-corrected chi connectivity index (χ4v) is 1.57. The Kier molecular flexibility index (Phi) is 3.06. The van der Waals surface area contributed by atoms with Crippen molar-refractivity contribution in [3.63, 3.8) is 0 Å². The van der Waals surface area contributed by atoms with Gasteiger partial charge in [0.05, 0.1) is 6.20 Å². The maximum absolute atomic E-state index is 5.43. The normalized spacial score (nSPS) is 10.3. The molecule has 0 saturated carbocycles. The molecule has 1 heterocycles. The van der Waals surface area contributed by atoms with E-state index in [1.807, 2.05) is 12.1 Å². The second kappa shape index (κ2) is 4.49. The van der Waals surface area contributed by atoms with Crippen LogP contribution in [0.4, 0.5) is 6.01 Å². The van der Waals surface area contributed by atoms with E-state index in [1.165, 1.54) is 5.56 Å². The molecular formula is C11H11BrN2O. The van der Waals surface area contributed by atoms with E-state index < -0.39 is 0 Å². The van der Waals surface area contributed by atoms with Crippen molar-refractivity contribution in [3.8, 4) is 0 Å². The molecule has 0 unspecified atom stereocenters. The van der Waals surface area contributed by atoms with Gasteiger partial charge in [-0.15, -0.1) is 0 Å². The highest BCUT2D eigenvalue weighted by Crippen LogP contribution is 2.15. The van der Waals surface area contributed by atoms with Crippen LogP contribution in [0, 0.1) is 0 Å². The van der Waals surface area contributed by atoms with Crippen molar-refractivity contribution in [2.75, 3.05) is 12.4 Å². The lowest BCUT2D eigenvalue weighted by molar-refractivity contribution is 0.530. The Morgan fingerprint density at radius 1 is 1.33 bits per heavy atom. The summed E-state index contributed by atoms with van der Waals surface area (Å²) in [5, 5.41) is 2.86. The Balaban J connectivity index is 2.11. The molecule has 0 radical (unpaired) electrons. The first-order valence-electron chi connectivity index (χ1n) is 4.65. The van der Waals surface area contributed by atoms with Crippen molar-refractivity contribution >= 4 is 21.9 Å². The van der Waals surface area contributed by atoms with E-state index in [9.17, 15) is 0 Å². The SMILES string of the molecule is CNc1ncc(Cc2ccc(Br)cc2)o1. The molecule has 3 nitrogen and oxygen atoms in total. The van der Waals surface area contributed by atoms with Crippen molar-refractivity contribution < 1.29 is 4.42 Å². The Morgan fingerprint density at radius 2 is 2.07 bits per heavy atom. The van der Waals surface area contributed by atoms with Crippen LogP contribution < -0.4 is 5.32 Å². The number of hydrogen-bond acceptors (Lipinski definition) is 3. The van der Waals surface area contributed by atoms with Crippen LogP contribution in [0.3, 0.4) is 0 Å². The minimum Gasteiger partial charge on any atom is -0.428 e. The maximum atomic E-state index is 5.43. The van der Waals surface area contributed by atoms with Crippen molar-refractivity contribution in [3.05, 3.63) is 46.3 Å². The Labute approximate surface area is 96.6 Å². The zero-order valence-corrected chi connectivity index (χ0v) is 9.91. The van der Waals surface area contributed by atoms with Gasteiger partial charge in [0.2, 0.25) is 0 Å². The fraction of sp³-hybridized carbons (Fsp3) is 0.182. The number of nitrogens with zero attached hydrogens (tertiary/aromatic N) is 1.